The van der Waals surface area contributed by atoms with Gasteiger partial charge in [-0.3, -0.25) is 0 Å². The second-order valence-corrected chi connectivity index (χ2v) is 3.28. The van der Waals surface area contributed by atoms with Crippen LogP contribution in [0.4, 0.5) is 0 Å². The van der Waals surface area contributed by atoms with E-state index in [2.05, 4.69) is 19.9 Å². The topological polar surface area (TPSA) is 20.2 Å². The molecule has 0 spiro atoms. The summed E-state index contributed by atoms with van der Waals surface area (Å²) in [5.41, 5.74) is 0. The van der Waals surface area contributed by atoms with Crippen molar-refractivity contribution in [2.45, 2.75) is 58.5 Å². The molecule has 0 amide bonds. The predicted molar refractivity (Wildman–Crippen MR) is 54.2 cm³/mol. The minimum atomic E-state index is -0.205. The average Bonchev–Trinajstić information content (AvgIpc) is 2.06. The number of unbranched alkanes of at least 4 members (excludes halogenated alkanes) is 3. The Morgan fingerprint density at radius 1 is 1.17 bits per heavy atom. The van der Waals surface area contributed by atoms with Gasteiger partial charge in [0.1, 0.15) is 0 Å². The number of aliphatic hydroxyl groups is 1. The van der Waals surface area contributed by atoms with Crippen LogP contribution in [0.15, 0.2) is 12.2 Å². The van der Waals surface area contributed by atoms with Gasteiger partial charge in [-0.05, 0) is 12.8 Å². The van der Waals surface area contributed by atoms with Crippen molar-refractivity contribution in [2.75, 3.05) is 0 Å². The van der Waals surface area contributed by atoms with Gasteiger partial charge >= 0.3 is 0 Å². The summed E-state index contributed by atoms with van der Waals surface area (Å²) in [7, 11) is 0. The van der Waals surface area contributed by atoms with Crippen molar-refractivity contribution in [1.29, 1.82) is 0 Å². The summed E-state index contributed by atoms with van der Waals surface area (Å²) < 4.78 is 0. The van der Waals surface area contributed by atoms with Crippen molar-refractivity contribution in [1.82, 2.24) is 0 Å². The number of hydrogen-bond donors (Lipinski definition) is 1. The molecule has 0 aliphatic carbocycles. The lowest BCUT2D eigenvalue weighted by atomic mass is 10.1. The molecule has 0 aliphatic rings. The lowest BCUT2D eigenvalue weighted by molar-refractivity contribution is 0.208. The molecule has 0 radical (unpaired) electrons. The SMILES string of the molecule is CCC/C=C/C(O)CCCCC. The monoisotopic (exact) mass is 170 g/mol. The highest BCUT2D eigenvalue weighted by Gasteiger charge is 1.96. The van der Waals surface area contributed by atoms with E-state index in [4.69, 9.17) is 0 Å². The number of rotatable bonds is 7. The molecule has 72 valence electrons. The highest BCUT2D eigenvalue weighted by molar-refractivity contribution is 4.87. The molecule has 1 nitrogen and oxygen atoms in total. The Kier molecular flexibility index (Phi) is 8.57. The Bertz CT molecular complexity index is 108. The van der Waals surface area contributed by atoms with Gasteiger partial charge in [0.2, 0.25) is 0 Å². The molecule has 0 saturated heterocycles. The van der Waals surface area contributed by atoms with Gasteiger partial charge in [-0.25, -0.2) is 0 Å². The quantitative estimate of drug-likeness (QED) is 0.459. The highest BCUT2D eigenvalue weighted by atomic mass is 16.3. The summed E-state index contributed by atoms with van der Waals surface area (Å²) >= 11 is 0. The lowest BCUT2D eigenvalue weighted by Gasteiger charge is -2.03. The van der Waals surface area contributed by atoms with Gasteiger partial charge in [-0.2, -0.15) is 0 Å². The van der Waals surface area contributed by atoms with Crippen LogP contribution in [-0.2, 0) is 0 Å². The highest BCUT2D eigenvalue weighted by Crippen LogP contribution is 2.04. The van der Waals surface area contributed by atoms with E-state index in [0.29, 0.717) is 0 Å². The lowest BCUT2D eigenvalue weighted by Crippen LogP contribution is -2.00. The van der Waals surface area contributed by atoms with Crippen LogP contribution in [0.25, 0.3) is 0 Å². The smallest absolute Gasteiger partial charge is 0.0720 e. The zero-order chi connectivity index (χ0) is 9.23. The van der Waals surface area contributed by atoms with Crippen LogP contribution in [-0.4, -0.2) is 11.2 Å². The molecule has 0 fully saturated rings. The maximum atomic E-state index is 9.42. The van der Waals surface area contributed by atoms with E-state index in [1.807, 2.05) is 6.08 Å². The molecule has 1 atom stereocenters. The molecule has 0 rings (SSSR count). The summed E-state index contributed by atoms with van der Waals surface area (Å²) in [6, 6.07) is 0. The summed E-state index contributed by atoms with van der Waals surface area (Å²) in [6.07, 6.45) is 10.6. The number of aliphatic hydroxyl groups excluding tert-OH is 1. The summed E-state index contributed by atoms with van der Waals surface area (Å²) in [6.45, 7) is 4.33. The van der Waals surface area contributed by atoms with E-state index in [1.54, 1.807) is 0 Å². The third-order valence-corrected chi connectivity index (χ3v) is 1.92. The van der Waals surface area contributed by atoms with Crippen molar-refractivity contribution in [2.24, 2.45) is 0 Å². The Hall–Kier alpha value is -0.300. The minimum Gasteiger partial charge on any atom is -0.389 e. The van der Waals surface area contributed by atoms with Gasteiger partial charge in [-0.15, -0.1) is 0 Å². The first-order valence-electron chi connectivity index (χ1n) is 5.16. The molecule has 0 aromatic rings. The molecule has 0 aromatic heterocycles. The molecule has 0 heterocycles. The van der Waals surface area contributed by atoms with Crippen molar-refractivity contribution in [3.8, 4) is 0 Å². The summed E-state index contributed by atoms with van der Waals surface area (Å²) in [5.74, 6) is 0. The van der Waals surface area contributed by atoms with E-state index in [-0.39, 0.29) is 6.10 Å². The Balaban J connectivity index is 3.26. The summed E-state index contributed by atoms with van der Waals surface area (Å²) in [4.78, 5) is 0. The molecular formula is C11H22O. The van der Waals surface area contributed by atoms with Gasteiger partial charge in [0, 0.05) is 0 Å². The van der Waals surface area contributed by atoms with E-state index in [0.717, 1.165) is 25.7 Å². The van der Waals surface area contributed by atoms with Gasteiger partial charge in [-0.1, -0.05) is 51.7 Å². The Morgan fingerprint density at radius 3 is 2.50 bits per heavy atom. The predicted octanol–water partition coefficient (Wildman–Crippen LogP) is 3.28. The van der Waals surface area contributed by atoms with Crippen molar-refractivity contribution in [3.05, 3.63) is 12.2 Å². The fourth-order valence-corrected chi connectivity index (χ4v) is 1.12. The van der Waals surface area contributed by atoms with Gasteiger partial charge in [0.25, 0.3) is 0 Å². The third kappa shape index (κ3) is 7.80. The third-order valence-electron chi connectivity index (χ3n) is 1.92. The second kappa shape index (κ2) is 8.79. The van der Waals surface area contributed by atoms with Crippen LogP contribution in [0.1, 0.15) is 52.4 Å². The van der Waals surface area contributed by atoms with E-state index >= 15 is 0 Å². The maximum Gasteiger partial charge on any atom is 0.0720 e. The van der Waals surface area contributed by atoms with Crippen molar-refractivity contribution in [3.63, 3.8) is 0 Å². The normalized spacial score (nSPS) is 13.9. The fourth-order valence-electron chi connectivity index (χ4n) is 1.12. The number of hydrogen-bond acceptors (Lipinski definition) is 1. The van der Waals surface area contributed by atoms with Crippen molar-refractivity contribution < 1.29 is 5.11 Å². The van der Waals surface area contributed by atoms with E-state index in [9.17, 15) is 5.11 Å². The minimum absolute atomic E-state index is 0.205. The van der Waals surface area contributed by atoms with Crippen molar-refractivity contribution >= 4 is 0 Å². The number of allylic oxidation sites excluding steroid dienone is 1. The standard InChI is InChI=1S/C11H22O/c1-3-5-7-9-11(12)10-8-6-4-2/h7,9,11-12H,3-6,8,10H2,1-2H3/b9-7+. The molecule has 1 heteroatoms. The Labute approximate surface area is 76.5 Å². The fraction of sp³-hybridized carbons (Fsp3) is 0.818. The second-order valence-electron chi connectivity index (χ2n) is 3.28. The molecule has 12 heavy (non-hydrogen) atoms. The van der Waals surface area contributed by atoms with Crippen LogP contribution in [0.5, 0.6) is 0 Å². The van der Waals surface area contributed by atoms with Crippen LogP contribution in [0, 0.1) is 0 Å². The van der Waals surface area contributed by atoms with Crippen LogP contribution in [0.3, 0.4) is 0 Å². The maximum absolute atomic E-state index is 9.42. The molecular weight excluding hydrogens is 148 g/mol. The molecule has 1 N–H and O–H groups in total. The Morgan fingerprint density at radius 2 is 1.92 bits per heavy atom. The van der Waals surface area contributed by atoms with E-state index in [1.165, 1.54) is 12.8 Å². The molecule has 1 unspecified atom stereocenters. The molecule has 0 aliphatic heterocycles. The summed E-state index contributed by atoms with van der Waals surface area (Å²) in [5, 5.41) is 9.42. The zero-order valence-electron chi connectivity index (χ0n) is 8.42. The van der Waals surface area contributed by atoms with Gasteiger partial charge in [0.15, 0.2) is 0 Å². The first-order chi connectivity index (χ1) is 5.81. The average molecular weight is 170 g/mol. The van der Waals surface area contributed by atoms with Crippen LogP contribution >= 0.6 is 0 Å². The first kappa shape index (κ1) is 11.7. The zero-order valence-corrected chi connectivity index (χ0v) is 8.42. The molecule has 0 aromatic carbocycles. The van der Waals surface area contributed by atoms with Crippen LogP contribution in [0.2, 0.25) is 0 Å². The first-order valence-corrected chi connectivity index (χ1v) is 5.16. The van der Waals surface area contributed by atoms with E-state index < -0.39 is 0 Å². The molecule has 0 bridgehead atoms. The molecule has 0 saturated carbocycles. The van der Waals surface area contributed by atoms with Crippen LogP contribution < -0.4 is 0 Å². The van der Waals surface area contributed by atoms with Gasteiger partial charge < -0.3 is 5.11 Å². The largest absolute Gasteiger partial charge is 0.389 e. The van der Waals surface area contributed by atoms with Gasteiger partial charge in [0.05, 0.1) is 6.10 Å².